The van der Waals surface area contributed by atoms with Crippen LogP contribution in [-0.2, 0) is 0 Å². The van der Waals surface area contributed by atoms with Crippen molar-refractivity contribution in [1.29, 1.82) is 0 Å². The zero-order valence-corrected chi connectivity index (χ0v) is 18.0. The molecule has 2 N–H and O–H groups in total. The van der Waals surface area contributed by atoms with E-state index in [1.165, 1.54) is 11.3 Å². The smallest absolute Gasteiger partial charge is 0.293 e. The fourth-order valence-corrected chi connectivity index (χ4v) is 4.32. The Hall–Kier alpha value is -2.74. The number of furan rings is 1. The quantitative estimate of drug-likeness (QED) is 0.384. The topological polar surface area (TPSA) is 67.2 Å². The normalized spacial score (nSPS) is 10.9. The predicted octanol–water partition coefficient (Wildman–Crippen LogP) is 5.95. The number of aromatic nitrogens is 1. The second kappa shape index (κ2) is 7.94. The molecule has 0 atom stereocenters. The van der Waals surface area contributed by atoms with Gasteiger partial charge in [0.1, 0.15) is 5.76 Å². The highest BCUT2D eigenvalue weighted by Gasteiger charge is 2.15. The molecule has 0 aliphatic carbocycles. The first-order chi connectivity index (χ1) is 13.9. The van der Waals surface area contributed by atoms with Gasteiger partial charge in [-0.2, -0.15) is 0 Å². The number of thiocarbonyl (C=S) groups is 1. The van der Waals surface area contributed by atoms with E-state index in [2.05, 4.69) is 21.7 Å². The number of rotatable bonds is 3. The van der Waals surface area contributed by atoms with E-state index in [1.54, 1.807) is 24.3 Å². The minimum absolute atomic E-state index is 0.153. The Labute approximate surface area is 181 Å². The van der Waals surface area contributed by atoms with E-state index >= 15 is 0 Å². The molecule has 0 bridgehead atoms. The van der Waals surface area contributed by atoms with Gasteiger partial charge in [0.2, 0.25) is 0 Å². The fraction of sp³-hybridized carbons (Fsp3) is 0.0952. The number of carbonyl (C=O) groups is 1. The van der Waals surface area contributed by atoms with E-state index < -0.39 is 5.91 Å². The summed E-state index contributed by atoms with van der Waals surface area (Å²) in [5.41, 5.74) is 3.96. The number of carbonyl (C=O) groups excluding carboxylic acids is 1. The van der Waals surface area contributed by atoms with Crippen LogP contribution in [0.3, 0.4) is 0 Å². The summed E-state index contributed by atoms with van der Waals surface area (Å²) in [5.74, 6) is 0.262. The average molecular weight is 442 g/mol. The number of fused-ring (bicyclic) bond motifs is 1. The van der Waals surface area contributed by atoms with Gasteiger partial charge in [-0.1, -0.05) is 47.2 Å². The number of hydrogen-bond donors (Lipinski definition) is 2. The van der Waals surface area contributed by atoms with E-state index in [4.69, 9.17) is 28.2 Å². The Morgan fingerprint density at radius 1 is 1.14 bits per heavy atom. The zero-order valence-electron chi connectivity index (χ0n) is 15.6. The molecule has 4 aromatic rings. The van der Waals surface area contributed by atoms with Gasteiger partial charge in [0.15, 0.2) is 16.0 Å². The van der Waals surface area contributed by atoms with Crippen LogP contribution in [0.1, 0.15) is 21.7 Å². The molecule has 5 nitrogen and oxygen atoms in total. The van der Waals surface area contributed by atoms with Crippen LogP contribution in [-0.4, -0.2) is 16.0 Å². The van der Waals surface area contributed by atoms with Crippen LogP contribution in [0.15, 0.2) is 52.9 Å². The first-order valence-electron chi connectivity index (χ1n) is 8.75. The van der Waals surface area contributed by atoms with Crippen LogP contribution in [0.4, 0.5) is 5.13 Å². The van der Waals surface area contributed by atoms with Gasteiger partial charge in [-0.15, -0.1) is 0 Å². The second-order valence-corrected chi connectivity index (χ2v) is 8.32. The molecule has 0 aliphatic heterocycles. The highest BCUT2D eigenvalue weighted by Crippen LogP contribution is 2.31. The molecule has 0 aliphatic rings. The molecule has 146 valence electrons. The minimum atomic E-state index is -0.441. The Kier molecular flexibility index (Phi) is 5.36. The molecular formula is C21H16ClN3O2S2. The van der Waals surface area contributed by atoms with Crippen LogP contribution in [0.5, 0.6) is 0 Å². The predicted molar refractivity (Wildman–Crippen MR) is 122 cm³/mol. The largest absolute Gasteiger partial charge is 0.451 e. The van der Waals surface area contributed by atoms with Crippen molar-refractivity contribution in [1.82, 2.24) is 10.3 Å². The number of aryl methyl sites for hydroxylation is 2. The third-order valence-corrected chi connectivity index (χ3v) is 5.87. The molecular weight excluding hydrogens is 426 g/mol. The SMILES string of the molecule is Cc1ccc(C)c2sc(NC(=S)NC(=O)c3ccc(-c4cccc(Cl)c4)o3)nc12. The number of benzene rings is 2. The van der Waals surface area contributed by atoms with Gasteiger partial charge in [-0.3, -0.25) is 10.1 Å². The molecule has 0 radical (unpaired) electrons. The van der Waals surface area contributed by atoms with Crippen molar-refractivity contribution in [2.45, 2.75) is 13.8 Å². The monoisotopic (exact) mass is 441 g/mol. The molecule has 1 amide bonds. The summed E-state index contributed by atoms with van der Waals surface area (Å²) in [6.45, 7) is 4.05. The average Bonchev–Trinajstić information content (AvgIpc) is 3.33. The Morgan fingerprint density at radius 2 is 1.93 bits per heavy atom. The molecule has 0 fully saturated rings. The highest BCUT2D eigenvalue weighted by molar-refractivity contribution is 7.80. The second-order valence-electron chi connectivity index (χ2n) is 6.48. The maximum absolute atomic E-state index is 12.5. The first kappa shape index (κ1) is 19.6. The standard InChI is InChI=1S/C21H16ClN3O2S2/c1-11-6-7-12(2)18-17(11)23-21(29-18)25-20(28)24-19(26)16-9-8-15(27-16)13-4-3-5-14(22)10-13/h3-10H,1-2H3,(H2,23,24,25,26,28). The third kappa shape index (κ3) is 4.17. The van der Waals surface area contributed by atoms with Crippen LogP contribution < -0.4 is 10.6 Å². The number of nitrogens with one attached hydrogen (secondary N) is 2. The van der Waals surface area contributed by atoms with E-state index in [1.807, 2.05) is 32.0 Å². The molecule has 4 rings (SSSR count). The van der Waals surface area contributed by atoms with Crippen LogP contribution >= 0.6 is 35.2 Å². The lowest BCUT2D eigenvalue weighted by molar-refractivity contribution is 0.0951. The molecule has 0 spiro atoms. The molecule has 0 saturated carbocycles. The van der Waals surface area contributed by atoms with Crippen molar-refractivity contribution in [3.05, 3.63) is 70.4 Å². The molecule has 2 aromatic heterocycles. The van der Waals surface area contributed by atoms with E-state index in [0.717, 1.165) is 26.9 Å². The lowest BCUT2D eigenvalue weighted by Gasteiger charge is -2.05. The van der Waals surface area contributed by atoms with Gasteiger partial charge in [0, 0.05) is 10.6 Å². The molecule has 2 aromatic carbocycles. The number of thiazole rings is 1. The van der Waals surface area contributed by atoms with Gasteiger partial charge in [0.05, 0.1) is 10.2 Å². The number of hydrogen-bond acceptors (Lipinski definition) is 5. The summed E-state index contributed by atoms with van der Waals surface area (Å²) >= 11 is 12.8. The lowest BCUT2D eigenvalue weighted by atomic mass is 10.1. The lowest BCUT2D eigenvalue weighted by Crippen LogP contribution is -2.33. The maximum atomic E-state index is 12.5. The van der Waals surface area contributed by atoms with E-state index in [9.17, 15) is 4.79 Å². The molecule has 8 heteroatoms. The Balaban J connectivity index is 1.46. The van der Waals surface area contributed by atoms with Crippen LogP contribution in [0, 0.1) is 13.8 Å². The number of anilines is 1. The van der Waals surface area contributed by atoms with Crippen LogP contribution in [0.2, 0.25) is 5.02 Å². The van der Waals surface area contributed by atoms with Gasteiger partial charge >= 0.3 is 0 Å². The van der Waals surface area contributed by atoms with E-state index in [-0.39, 0.29) is 10.9 Å². The van der Waals surface area contributed by atoms with Gasteiger partial charge in [-0.05, 0) is 61.5 Å². The van der Waals surface area contributed by atoms with Gasteiger partial charge in [0.25, 0.3) is 5.91 Å². The molecule has 0 saturated heterocycles. The summed E-state index contributed by atoms with van der Waals surface area (Å²) in [4.78, 5) is 17.0. The summed E-state index contributed by atoms with van der Waals surface area (Å²) in [5, 5.41) is 6.98. The number of nitrogens with zero attached hydrogens (tertiary/aromatic N) is 1. The summed E-state index contributed by atoms with van der Waals surface area (Å²) < 4.78 is 6.74. The van der Waals surface area contributed by atoms with Crippen molar-refractivity contribution in [2.75, 3.05) is 5.32 Å². The third-order valence-electron chi connectivity index (χ3n) is 4.33. The van der Waals surface area contributed by atoms with Gasteiger partial charge in [-0.25, -0.2) is 4.98 Å². The van der Waals surface area contributed by atoms with Crippen molar-refractivity contribution in [3.8, 4) is 11.3 Å². The zero-order chi connectivity index (χ0) is 20.5. The summed E-state index contributed by atoms with van der Waals surface area (Å²) in [6, 6.07) is 14.6. The number of halogens is 1. The molecule has 0 unspecified atom stereocenters. The Morgan fingerprint density at radius 3 is 2.69 bits per heavy atom. The molecule has 29 heavy (non-hydrogen) atoms. The number of amides is 1. The maximum Gasteiger partial charge on any atom is 0.293 e. The van der Waals surface area contributed by atoms with Crippen molar-refractivity contribution in [2.24, 2.45) is 0 Å². The van der Waals surface area contributed by atoms with Crippen LogP contribution in [0.25, 0.3) is 21.5 Å². The minimum Gasteiger partial charge on any atom is -0.451 e. The van der Waals surface area contributed by atoms with Gasteiger partial charge < -0.3 is 9.73 Å². The fourth-order valence-electron chi connectivity index (χ4n) is 2.86. The van der Waals surface area contributed by atoms with Crippen molar-refractivity contribution in [3.63, 3.8) is 0 Å². The highest BCUT2D eigenvalue weighted by atomic mass is 35.5. The van der Waals surface area contributed by atoms with Crippen molar-refractivity contribution >= 4 is 61.5 Å². The van der Waals surface area contributed by atoms with E-state index in [0.29, 0.717) is 15.9 Å². The summed E-state index contributed by atoms with van der Waals surface area (Å²) in [7, 11) is 0. The molecule has 2 heterocycles. The first-order valence-corrected chi connectivity index (χ1v) is 10.4. The Bertz CT molecular complexity index is 1210. The van der Waals surface area contributed by atoms with Crippen molar-refractivity contribution < 1.29 is 9.21 Å². The summed E-state index contributed by atoms with van der Waals surface area (Å²) in [6.07, 6.45) is 0.